The second-order valence-corrected chi connectivity index (χ2v) is 11.8. The molecule has 0 unspecified atom stereocenters. The van der Waals surface area contributed by atoms with Crippen LogP contribution in [0, 0.1) is 17.8 Å². The number of hydrogen-bond donors (Lipinski definition) is 3. The predicted octanol–water partition coefficient (Wildman–Crippen LogP) is 3.31. The van der Waals surface area contributed by atoms with Crippen molar-refractivity contribution in [2.24, 2.45) is 17.8 Å². The number of nitrogens with one attached hydrogen (secondary N) is 1. The van der Waals surface area contributed by atoms with E-state index in [-0.39, 0.29) is 29.2 Å². The van der Waals surface area contributed by atoms with Gasteiger partial charge in [-0.3, -0.25) is 15.0 Å². The molecule has 0 radical (unpaired) electrons. The van der Waals surface area contributed by atoms with E-state index in [1.165, 1.54) is 24.9 Å². The van der Waals surface area contributed by atoms with Gasteiger partial charge in [-0.2, -0.15) is 0 Å². The van der Waals surface area contributed by atoms with E-state index in [0.717, 1.165) is 49.5 Å². The summed E-state index contributed by atoms with van der Waals surface area (Å²) in [7, 11) is 1.68. The first kappa shape index (κ1) is 22.5. The van der Waals surface area contributed by atoms with Crippen LogP contribution in [0.15, 0.2) is 6.07 Å². The van der Waals surface area contributed by atoms with Gasteiger partial charge in [0, 0.05) is 41.2 Å². The van der Waals surface area contributed by atoms with Gasteiger partial charge >= 0.3 is 5.97 Å². The molecule has 7 nitrogen and oxygen atoms in total. The summed E-state index contributed by atoms with van der Waals surface area (Å²) < 4.78 is 12.4. The normalized spacial score (nSPS) is 34.5. The first-order valence-electron chi connectivity index (χ1n) is 13.2. The van der Waals surface area contributed by atoms with Crippen molar-refractivity contribution in [2.45, 2.75) is 88.4 Å². The van der Waals surface area contributed by atoms with E-state index in [1.54, 1.807) is 13.2 Å². The number of methoxy groups -OCH3 is 1. The minimum absolute atomic E-state index is 0.0597. The average molecular weight is 471 g/mol. The van der Waals surface area contributed by atoms with E-state index < -0.39 is 12.0 Å². The summed E-state index contributed by atoms with van der Waals surface area (Å²) in [6, 6.07) is 1.51. The van der Waals surface area contributed by atoms with Crippen molar-refractivity contribution in [1.29, 1.82) is 0 Å². The fourth-order valence-electron chi connectivity index (χ4n) is 7.86. The van der Waals surface area contributed by atoms with Gasteiger partial charge < -0.3 is 19.7 Å². The minimum atomic E-state index is -0.796. The molecule has 1 spiro atoms. The van der Waals surface area contributed by atoms with E-state index in [1.807, 2.05) is 0 Å². The Kier molecular flexibility index (Phi) is 5.30. The molecule has 0 amide bonds. The molecule has 5 aliphatic rings. The van der Waals surface area contributed by atoms with Crippen molar-refractivity contribution in [3.63, 3.8) is 0 Å². The van der Waals surface area contributed by atoms with Gasteiger partial charge in [0.2, 0.25) is 0 Å². The van der Waals surface area contributed by atoms with Crippen molar-refractivity contribution < 1.29 is 24.5 Å². The van der Waals surface area contributed by atoms with E-state index in [4.69, 9.17) is 9.47 Å². The number of nitrogens with zero attached hydrogens (tertiary/aromatic N) is 1. The number of phenols is 1. The fourth-order valence-corrected chi connectivity index (χ4v) is 7.86. The second kappa shape index (κ2) is 8.02. The molecule has 6 rings (SSSR count). The van der Waals surface area contributed by atoms with Crippen LogP contribution in [0.1, 0.15) is 63.5 Å². The lowest BCUT2D eigenvalue weighted by molar-refractivity contribution is -0.141. The third kappa shape index (κ3) is 3.26. The molecular formula is C27H38N2O5. The third-order valence-corrected chi connectivity index (χ3v) is 9.35. The second-order valence-electron chi connectivity index (χ2n) is 11.8. The number of benzene rings is 1. The van der Waals surface area contributed by atoms with E-state index in [0.29, 0.717) is 24.1 Å². The topological polar surface area (TPSA) is 91.3 Å². The summed E-state index contributed by atoms with van der Waals surface area (Å²) >= 11 is 0. The molecule has 3 aliphatic carbocycles. The van der Waals surface area contributed by atoms with Crippen molar-refractivity contribution in [3.05, 3.63) is 17.2 Å². The van der Waals surface area contributed by atoms with Gasteiger partial charge in [0.1, 0.15) is 17.9 Å². The van der Waals surface area contributed by atoms with E-state index in [2.05, 4.69) is 24.1 Å². The van der Waals surface area contributed by atoms with Gasteiger partial charge in [-0.1, -0.05) is 13.8 Å². The van der Waals surface area contributed by atoms with Gasteiger partial charge in [0.05, 0.1) is 7.11 Å². The Morgan fingerprint density at radius 1 is 1.32 bits per heavy atom. The highest BCUT2D eigenvalue weighted by molar-refractivity contribution is 5.73. The zero-order chi connectivity index (χ0) is 23.8. The van der Waals surface area contributed by atoms with E-state index >= 15 is 0 Å². The first-order chi connectivity index (χ1) is 16.3. The SMILES string of the molecule is COc1cc(O)c2c3c1C[C@@H]1[C@@H]4CC[C@H](N[C@@H](CC(C)C)C(=O)O)[C@H](O2)[C@]34CCN1CC1CC1. The Balaban J connectivity index is 1.42. The quantitative estimate of drug-likeness (QED) is 0.537. The molecule has 34 heavy (non-hydrogen) atoms. The van der Waals surface area contributed by atoms with Crippen LogP contribution >= 0.6 is 0 Å². The van der Waals surface area contributed by atoms with Crippen molar-refractivity contribution in [1.82, 2.24) is 10.2 Å². The predicted molar refractivity (Wildman–Crippen MR) is 128 cm³/mol. The summed E-state index contributed by atoms with van der Waals surface area (Å²) in [4.78, 5) is 14.8. The van der Waals surface area contributed by atoms with Gasteiger partial charge in [-0.15, -0.1) is 0 Å². The summed E-state index contributed by atoms with van der Waals surface area (Å²) in [5.41, 5.74) is 2.15. The van der Waals surface area contributed by atoms with Crippen LogP contribution in [-0.2, 0) is 16.6 Å². The monoisotopic (exact) mass is 470 g/mol. The number of ether oxygens (including phenoxy) is 2. The molecule has 1 aromatic carbocycles. The van der Waals surface area contributed by atoms with Crippen LogP contribution in [0.2, 0.25) is 0 Å². The Bertz CT molecular complexity index is 992. The first-order valence-corrected chi connectivity index (χ1v) is 13.2. The molecular weight excluding hydrogens is 432 g/mol. The maximum Gasteiger partial charge on any atom is 0.320 e. The minimum Gasteiger partial charge on any atom is -0.504 e. The largest absolute Gasteiger partial charge is 0.504 e. The molecule has 3 N–H and O–H groups in total. The summed E-state index contributed by atoms with van der Waals surface area (Å²) in [5.74, 6) is 2.31. The maximum atomic E-state index is 12.1. The summed E-state index contributed by atoms with van der Waals surface area (Å²) in [5, 5.41) is 24.4. The molecule has 7 heteroatoms. The molecule has 2 saturated carbocycles. The number of carboxylic acid groups (broad SMARTS) is 1. The summed E-state index contributed by atoms with van der Waals surface area (Å²) in [6.45, 7) is 6.35. The van der Waals surface area contributed by atoms with Gasteiger partial charge in [0.15, 0.2) is 11.5 Å². The zero-order valence-corrected chi connectivity index (χ0v) is 20.5. The molecule has 2 aliphatic heterocycles. The van der Waals surface area contributed by atoms with Crippen molar-refractivity contribution in [3.8, 4) is 17.2 Å². The number of piperidine rings is 1. The molecule has 0 aromatic heterocycles. The zero-order valence-electron chi connectivity index (χ0n) is 20.5. The Morgan fingerprint density at radius 3 is 2.79 bits per heavy atom. The smallest absolute Gasteiger partial charge is 0.320 e. The number of carboxylic acids is 1. The van der Waals surface area contributed by atoms with Crippen LogP contribution in [0.5, 0.6) is 17.2 Å². The van der Waals surface area contributed by atoms with Gasteiger partial charge in [-0.25, -0.2) is 0 Å². The molecule has 1 saturated heterocycles. The highest BCUT2D eigenvalue weighted by Gasteiger charge is 2.66. The number of phenolic OH excluding ortho intramolecular Hbond substituents is 1. The number of likely N-dealkylation sites (tertiary alicyclic amines) is 1. The molecule has 1 aromatic rings. The molecule has 3 fully saturated rings. The van der Waals surface area contributed by atoms with Crippen LogP contribution in [0.25, 0.3) is 0 Å². The third-order valence-electron chi connectivity index (χ3n) is 9.35. The molecule has 2 bridgehead atoms. The molecule has 6 atom stereocenters. The van der Waals surface area contributed by atoms with Gasteiger partial charge in [0.25, 0.3) is 0 Å². The highest BCUT2D eigenvalue weighted by atomic mass is 16.5. The van der Waals surface area contributed by atoms with Crippen LogP contribution in [0.3, 0.4) is 0 Å². The standard InChI is InChI=1S/C27H38N2O5/c1-14(2)10-19(26(31)32)28-18-7-6-17-20-11-16-22(33-3)12-21(30)24-23(16)27(17,25(18)34-24)8-9-29(20)13-15-4-5-15/h12,14-15,17-20,25,28,30H,4-11,13H2,1-3H3,(H,31,32)/t17-,18-,19-,20+,25-,27-/m0/s1. The lowest BCUT2D eigenvalue weighted by Gasteiger charge is -2.60. The average Bonchev–Trinajstić information content (AvgIpc) is 3.54. The molecule has 2 heterocycles. The number of aliphatic carboxylic acids is 1. The Morgan fingerprint density at radius 2 is 2.12 bits per heavy atom. The van der Waals surface area contributed by atoms with E-state index in [9.17, 15) is 15.0 Å². The molecule has 186 valence electrons. The lowest BCUT2D eigenvalue weighted by Crippen LogP contribution is -2.69. The number of rotatable bonds is 8. The summed E-state index contributed by atoms with van der Waals surface area (Å²) in [6.07, 6.45) is 6.98. The lowest BCUT2D eigenvalue weighted by atomic mass is 9.51. The van der Waals surface area contributed by atoms with Crippen molar-refractivity contribution in [2.75, 3.05) is 20.2 Å². The number of carbonyl (C=O) groups is 1. The number of aromatic hydroxyl groups is 1. The maximum absolute atomic E-state index is 12.1. The Labute approximate surface area is 201 Å². The van der Waals surface area contributed by atoms with Crippen LogP contribution in [-0.4, -0.2) is 65.5 Å². The Hall–Kier alpha value is -1.99. The number of hydrogen-bond acceptors (Lipinski definition) is 6. The van der Waals surface area contributed by atoms with Crippen molar-refractivity contribution >= 4 is 5.97 Å². The van der Waals surface area contributed by atoms with Crippen LogP contribution in [0.4, 0.5) is 0 Å². The highest BCUT2D eigenvalue weighted by Crippen LogP contribution is 2.65. The fraction of sp³-hybridized carbons (Fsp3) is 0.741. The van der Waals surface area contributed by atoms with Gasteiger partial charge in [-0.05, 0) is 69.2 Å². The van der Waals surface area contributed by atoms with Crippen LogP contribution < -0.4 is 14.8 Å².